The van der Waals surface area contributed by atoms with Crippen molar-refractivity contribution in [2.45, 2.75) is 6.17 Å². The van der Waals surface area contributed by atoms with Gasteiger partial charge in [0.25, 0.3) is 0 Å². The van der Waals surface area contributed by atoms with Crippen LogP contribution in [0.15, 0.2) is 90.2 Å². The van der Waals surface area contributed by atoms with Crippen molar-refractivity contribution in [1.29, 1.82) is 0 Å². The standard InChI is InChI=1S/C23H16FN5O2/c24-18-12-6-4-10-16(18)20-17-11-5-7-13-19(17)29-14-25-28-22(29)21(26-20)27-23(30)31-15-8-2-1-3-9-15/h1-14,21H,(H,27,30). The van der Waals surface area contributed by atoms with Crippen LogP contribution in [0.1, 0.15) is 23.1 Å². The zero-order valence-electron chi connectivity index (χ0n) is 16.1. The molecule has 2 heterocycles. The van der Waals surface area contributed by atoms with Gasteiger partial charge in [-0.05, 0) is 30.3 Å². The minimum Gasteiger partial charge on any atom is -0.410 e. The van der Waals surface area contributed by atoms with Gasteiger partial charge in [0.2, 0.25) is 0 Å². The van der Waals surface area contributed by atoms with Gasteiger partial charge in [-0.25, -0.2) is 9.18 Å². The second kappa shape index (κ2) is 7.83. The van der Waals surface area contributed by atoms with E-state index in [1.165, 1.54) is 12.4 Å². The number of aromatic nitrogens is 3. The SMILES string of the molecule is O=C(NC1N=C(c2ccccc2F)c2ccccc2-n2cnnc21)Oc1ccccc1. The molecule has 0 saturated heterocycles. The summed E-state index contributed by atoms with van der Waals surface area (Å²) < 4.78 is 21.8. The molecule has 1 aliphatic heterocycles. The summed E-state index contributed by atoms with van der Waals surface area (Å²) in [6.45, 7) is 0. The minimum atomic E-state index is -0.944. The number of carbonyl (C=O) groups excluding carboxylic acids is 1. The van der Waals surface area contributed by atoms with Crippen LogP contribution in [0, 0.1) is 5.82 Å². The lowest BCUT2D eigenvalue weighted by atomic mass is 10.00. The van der Waals surface area contributed by atoms with Crippen LogP contribution in [0.5, 0.6) is 5.75 Å². The monoisotopic (exact) mass is 413 g/mol. The largest absolute Gasteiger partial charge is 0.414 e. The number of aliphatic imine (C=N–C) groups is 1. The number of halogens is 1. The summed E-state index contributed by atoms with van der Waals surface area (Å²) in [5, 5.41) is 10.8. The van der Waals surface area contributed by atoms with Crippen molar-refractivity contribution in [3.63, 3.8) is 0 Å². The summed E-state index contributed by atoms with van der Waals surface area (Å²) in [4.78, 5) is 17.3. The van der Waals surface area contributed by atoms with Gasteiger partial charge in [0.1, 0.15) is 17.9 Å². The zero-order valence-corrected chi connectivity index (χ0v) is 16.1. The molecule has 4 aromatic rings. The van der Waals surface area contributed by atoms with Gasteiger partial charge in [-0.3, -0.25) is 14.9 Å². The summed E-state index contributed by atoms with van der Waals surface area (Å²) in [5.74, 6) is 0.347. The lowest BCUT2D eigenvalue weighted by molar-refractivity contribution is 0.196. The van der Waals surface area contributed by atoms with Crippen molar-refractivity contribution in [1.82, 2.24) is 20.1 Å². The van der Waals surface area contributed by atoms with E-state index in [1.807, 2.05) is 30.3 Å². The highest BCUT2D eigenvalue weighted by Gasteiger charge is 2.28. The third-order valence-corrected chi connectivity index (χ3v) is 4.83. The van der Waals surface area contributed by atoms with Crippen molar-refractivity contribution >= 4 is 11.8 Å². The Bertz CT molecular complexity index is 1290. The second-order valence-corrected chi connectivity index (χ2v) is 6.78. The number of amides is 1. The molecule has 0 fully saturated rings. The van der Waals surface area contributed by atoms with Crippen LogP contribution in [0.3, 0.4) is 0 Å². The Balaban J connectivity index is 1.60. The molecule has 1 aromatic heterocycles. The maximum atomic E-state index is 14.7. The number of benzene rings is 3. The molecule has 7 nitrogen and oxygen atoms in total. The van der Waals surface area contributed by atoms with E-state index in [0.717, 1.165) is 5.69 Å². The van der Waals surface area contributed by atoms with Gasteiger partial charge < -0.3 is 4.74 Å². The van der Waals surface area contributed by atoms with E-state index < -0.39 is 18.1 Å². The van der Waals surface area contributed by atoms with Gasteiger partial charge in [0.05, 0.1) is 11.4 Å². The lowest BCUT2D eigenvalue weighted by Gasteiger charge is -2.14. The maximum absolute atomic E-state index is 14.7. The molecule has 1 unspecified atom stereocenters. The molecular weight excluding hydrogens is 397 g/mol. The van der Waals surface area contributed by atoms with Crippen LogP contribution < -0.4 is 10.1 Å². The van der Waals surface area contributed by atoms with E-state index in [4.69, 9.17) is 4.74 Å². The predicted octanol–water partition coefficient (Wildman–Crippen LogP) is 4.04. The molecule has 1 amide bonds. The molecule has 0 radical (unpaired) electrons. The third kappa shape index (κ3) is 3.55. The normalized spacial score (nSPS) is 14.6. The Kier molecular flexibility index (Phi) is 4.72. The van der Waals surface area contributed by atoms with E-state index >= 15 is 0 Å². The number of nitrogens with one attached hydrogen (secondary N) is 1. The third-order valence-electron chi connectivity index (χ3n) is 4.83. The van der Waals surface area contributed by atoms with Crippen LogP contribution in [0.25, 0.3) is 5.69 Å². The van der Waals surface area contributed by atoms with Crippen LogP contribution >= 0.6 is 0 Å². The van der Waals surface area contributed by atoms with E-state index in [0.29, 0.717) is 28.4 Å². The number of fused-ring (bicyclic) bond motifs is 3. The summed E-state index contributed by atoms with van der Waals surface area (Å²) >= 11 is 0. The van der Waals surface area contributed by atoms with Crippen molar-refractivity contribution < 1.29 is 13.9 Å². The highest BCUT2D eigenvalue weighted by molar-refractivity contribution is 6.15. The van der Waals surface area contributed by atoms with E-state index in [9.17, 15) is 9.18 Å². The Morgan fingerprint density at radius 3 is 2.45 bits per heavy atom. The number of carbonyl (C=O) groups is 1. The predicted molar refractivity (Wildman–Crippen MR) is 112 cm³/mol. The summed E-state index contributed by atoms with van der Waals surface area (Å²) in [7, 11) is 0. The number of hydrogen-bond donors (Lipinski definition) is 1. The highest BCUT2D eigenvalue weighted by atomic mass is 19.1. The molecular formula is C23H16FN5O2. The molecule has 152 valence electrons. The Morgan fingerprint density at radius 1 is 0.935 bits per heavy atom. The van der Waals surface area contributed by atoms with Gasteiger partial charge in [-0.15, -0.1) is 10.2 Å². The Morgan fingerprint density at radius 2 is 1.65 bits per heavy atom. The fourth-order valence-electron chi connectivity index (χ4n) is 3.46. The van der Waals surface area contributed by atoms with Crippen molar-refractivity contribution in [2.24, 2.45) is 4.99 Å². The van der Waals surface area contributed by atoms with Crippen molar-refractivity contribution in [3.8, 4) is 11.4 Å². The van der Waals surface area contributed by atoms with Crippen LogP contribution in [-0.2, 0) is 0 Å². The molecule has 1 N–H and O–H groups in total. The molecule has 8 heteroatoms. The average molecular weight is 413 g/mol. The fraction of sp³-hybridized carbons (Fsp3) is 0.0435. The summed E-state index contributed by atoms with van der Waals surface area (Å²) in [6.07, 6.45) is -0.125. The van der Waals surface area contributed by atoms with Crippen molar-refractivity contribution in [2.75, 3.05) is 0 Å². The maximum Gasteiger partial charge on any atom is 0.414 e. The van der Waals surface area contributed by atoms with Gasteiger partial charge >= 0.3 is 6.09 Å². The quantitative estimate of drug-likeness (QED) is 0.550. The van der Waals surface area contributed by atoms with Gasteiger partial charge in [0.15, 0.2) is 12.0 Å². The first-order valence-corrected chi connectivity index (χ1v) is 9.56. The first kappa shape index (κ1) is 18.7. The molecule has 0 spiro atoms. The van der Waals surface area contributed by atoms with Crippen molar-refractivity contribution in [3.05, 3.63) is 108 Å². The summed E-state index contributed by atoms with van der Waals surface area (Å²) in [6, 6.07) is 22.5. The number of para-hydroxylation sites is 2. The minimum absolute atomic E-state index is 0.317. The van der Waals surface area contributed by atoms with Gasteiger partial charge in [-0.2, -0.15) is 0 Å². The van der Waals surface area contributed by atoms with E-state index in [1.54, 1.807) is 47.0 Å². The van der Waals surface area contributed by atoms with Crippen LogP contribution in [-0.4, -0.2) is 26.6 Å². The van der Waals surface area contributed by atoms with E-state index in [2.05, 4.69) is 20.5 Å². The first-order chi connectivity index (χ1) is 15.2. The topological polar surface area (TPSA) is 81.4 Å². The molecule has 0 aliphatic carbocycles. The van der Waals surface area contributed by atoms with Crippen LogP contribution in [0.4, 0.5) is 9.18 Å². The number of ether oxygens (including phenoxy) is 1. The number of rotatable bonds is 3. The Labute approximate surface area is 176 Å². The lowest BCUT2D eigenvalue weighted by Crippen LogP contribution is -2.32. The average Bonchev–Trinajstić information content (AvgIpc) is 3.23. The summed E-state index contributed by atoms with van der Waals surface area (Å²) in [5.41, 5.74) is 2.13. The van der Waals surface area contributed by atoms with Gasteiger partial charge in [-0.1, -0.05) is 48.5 Å². The molecule has 3 aromatic carbocycles. The number of nitrogens with zero attached hydrogens (tertiary/aromatic N) is 4. The fourth-order valence-corrected chi connectivity index (χ4v) is 3.46. The molecule has 0 saturated carbocycles. The van der Waals surface area contributed by atoms with Gasteiger partial charge in [0, 0.05) is 11.1 Å². The highest BCUT2D eigenvalue weighted by Crippen LogP contribution is 2.29. The first-order valence-electron chi connectivity index (χ1n) is 9.56. The smallest absolute Gasteiger partial charge is 0.410 e. The Hall–Kier alpha value is -4.33. The van der Waals surface area contributed by atoms with Crippen LogP contribution in [0.2, 0.25) is 0 Å². The van der Waals surface area contributed by atoms with E-state index in [-0.39, 0.29) is 0 Å². The molecule has 0 bridgehead atoms. The molecule has 5 rings (SSSR count). The number of hydrogen-bond acceptors (Lipinski definition) is 5. The zero-order chi connectivity index (χ0) is 21.2. The molecule has 1 aliphatic rings. The second-order valence-electron chi connectivity index (χ2n) is 6.78. The molecule has 1 atom stereocenters. The molecule has 31 heavy (non-hydrogen) atoms.